The van der Waals surface area contributed by atoms with Gasteiger partial charge in [0.25, 0.3) is 0 Å². The summed E-state index contributed by atoms with van der Waals surface area (Å²) in [4.78, 5) is 0. The average Bonchev–Trinajstić information content (AvgIpc) is 2.18. The van der Waals surface area contributed by atoms with Crippen molar-refractivity contribution in [3.8, 4) is 5.75 Å². The predicted octanol–water partition coefficient (Wildman–Crippen LogP) is 2.79. The minimum absolute atomic E-state index is 0.0953. The fourth-order valence-corrected chi connectivity index (χ4v) is 1.87. The fourth-order valence-electron chi connectivity index (χ4n) is 1.36. The first-order valence-electron chi connectivity index (χ1n) is 4.64. The highest BCUT2D eigenvalue weighted by molar-refractivity contribution is 6.42. The van der Waals surface area contributed by atoms with Gasteiger partial charge in [-0.3, -0.25) is 8.22 Å². The van der Waals surface area contributed by atoms with Crippen LogP contribution in [0.5, 0.6) is 5.75 Å². The number of ether oxygens (including phenoxy) is 1. The van der Waals surface area contributed by atoms with Crippen LogP contribution in [0.15, 0.2) is 24.3 Å². The number of benzene rings is 1. The predicted molar refractivity (Wildman–Crippen MR) is 55.5 cm³/mol. The van der Waals surface area contributed by atoms with Crippen LogP contribution in [0.2, 0.25) is 6.04 Å². The van der Waals surface area contributed by atoms with Gasteiger partial charge in [-0.05, 0) is 30.5 Å². The maximum absolute atomic E-state index is 12.0. The highest BCUT2D eigenvalue weighted by Gasteiger charge is 2.07. The van der Waals surface area contributed by atoms with E-state index in [1.165, 1.54) is 0 Å². The van der Waals surface area contributed by atoms with Crippen molar-refractivity contribution in [3.63, 3.8) is 0 Å². The topological polar surface area (TPSA) is 9.23 Å². The molecule has 0 amide bonds. The molecule has 1 rings (SSSR count). The summed E-state index contributed by atoms with van der Waals surface area (Å²) in [6.07, 6.45) is 1.24. The molecule has 0 aliphatic rings. The molecule has 0 saturated carbocycles. The lowest BCUT2D eigenvalue weighted by Gasteiger charge is -2.06. The smallest absolute Gasteiger partial charge is 0.411 e. The third kappa shape index (κ3) is 3.45. The molecular weight excluding hydrogens is 202 g/mol. The molecule has 78 valence electrons. The van der Waals surface area contributed by atoms with E-state index in [1.54, 1.807) is 7.11 Å². The lowest BCUT2D eigenvalue weighted by Crippen LogP contribution is -1.98. The van der Waals surface area contributed by atoms with Gasteiger partial charge in [0.1, 0.15) is 5.75 Å². The van der Waals surface area contributed by atoms with E-state index in [2.05, 4.69) is 0 Å². The van der Waals surface area contributed by atoms with Crippen LogP contribution in [-0.2, 0) is 6.42 Å². The molecule has 0 unspecified atom stereocenters. The summed E-state index contributed by atoms with van der Waals surface area (Å²) >= 11 is 0. The second-order valence-electron chi connectivity index (χ2n) is 3.10. The van der Waals surface area contributed by atoms with Crippen LogP contribution in [0.3, 0.4) is 0 Å². The fraction of sp³-hybridized carbons (Fsp3) is 0.400. The van der Waals surface area contributed by atoms with Gasteiger partial charge in [-0.25, -0.2) is 0 Å². The van der Waals surface area contributed by atoms with Crippen LogP contribution < -0.4 is 4.74 Å². The van der Waals surface area contributed by atoms with E-state index in [0.29, 0.717) is 12.8 Å². The Morgan fingerprint density at radius 3 is 2.64 bits per heavy atom. The van der Waals surface area contributed by atoms with E-state index in [4.69, 9.17) is 4.74 Å². The summed E-state index contributed by atoms with van der Waals surface area (Å²) in [7, 11) is -1.78. The molecular formula is C10H14F2OSi. The van der Waals surface area contributed by atoms with Gasteiger partial charge in [0, 0.05) is 0 Å². The summed E-state index contributed by atoms with van der Waals surface area (Å²) in [5, 5.41) is 0. The Labute approximate surface area is 84.7 Å². The van der Waals surface area contributed by atoms with Crippen molar-refractivity contribution in [2.24, 2.45) is 0 Å². The molecule has 14 heavy (non-hydrogen) atoms. The third-order valence-electron chi connectivity index (χ3n) is 2.06. The standard InChI is InChI=1S/C10H14F2OSi/c1-13-10-7-3-2-5-9(10)6-4-8-14(11)12/h2-3,5,7,14H,4,6,8H2,1H3. The molecule has 4 heteroatoms. The van der Waals surface area contributed by atoms with E-state index in [-0.39, 0.29) is 6.04 Å². The molecule has 0 aromatic heterocycles. The Bertz CT molecular complexity index is 279. The average molecular weight is 216 g/mol. The first kappa shape index (κ1) is 11.2. The van der Waals surface area contributed by atoms with Gasteiger partial charge in [-0.15, -0.1) is 0 Å². The summed E-state index contributed by atoms with van der Waals surface area (Å²) < 4.78 is 29.2. The molecule has 0 fully saturated rings. The van der Waals surface area contributed by atoms with E-state index < -0.39 is 9.46 Å². The van der Waals surface area contributed by atoms with Gasteiger partial charge in [0.15, 0.2) is 0 Å². The van der Waals surface area contributed by atoms with E-state index in [1.807, 2.05) is 24.3 Å². The molecule has 0 heterocycles. The zero-order valence-electron chi connectivity index (χ0n) is 8.17. The van der Waals surface area contributed by atoms with Crippen LogP contribution in [0.25, 0.3) is 0 Å². The number of para-hydroxylation sites is 1. The number of hydrogen-bond acceptors (Lipinski definition) is 1. The number of hydrogen-bond donors (Lipinski definition) is 0. The molecule has 1 aromatic rings. The van der Waals surface area contributed by atoms with Gasteiger partial charge in [0.2, 0.25) is 0 Å². The lowest BCUT2D eigenvalue weighted by atomic mass is 10.1. The third-order valence-corrected chi connectivity index (χ3v) is 2.91. The maximum Gasteiger partial charge on any atom is 0.411 e. The molecule has 0 saturated heterocycles. The maximum atomic E-state index is 12.0. The second kappa shape index (κ2) is 5.75. The normalized spacial score (nSPS) is 10.6. The SMILES string of the molecule is COc1ccccc1CCC[SiH](F)F. The molecule has 0 aliphatic heterocycles. The minimum Gasteiger partial charge on any atom is -0.496 e. The van der Waals surface area contributed by atoms with Crippen LogP contribution in [0, 0.1) is 0 Å². The molecule has 0 spiro atoms. The number of aryl methyl sites for hydroxylation is 1. The van der Waals surface area contributed by atoms with Crippen molar-refractivity contribution < 1.29 is 13.0 Å². The van der Waals surface area contributed by atoms with Crippen molar-refractivity contribution in [3.05, 3.63) is 29.8 Å². The molecule has 1 nitrogen and oxygen atoms in total. The lowest BCUT2D eigenvalue weighted by molar-refractivity contribution is 0.409. The van der Waals surface area contributed by atoms with Crippen molar-refractivity contribution in [1.82, 2.24) is 0 Å². The Hall–Kier alpha value is -0.903. The molecule has 1 aromatic carbocycles. The number of halogens is 2. The number of methoxy groups -OCH3 is 1. The van der Waals surface area contributed by atoms with E-state index in [0.717, 1.165) is 11.3 Å². The first-order chi connectivity index (χ1) is 6.74. The van der Waals surface area contributed by atoms with Crippen molar-refractivity contribution in [2.45, 2.75) is 18.9 Å². The largest absolute Gasteiger partial charge is 0.496 e. The van der Waals surface area contributed by atoms with Crippen LogP contribution in [0.1, 0.15) is 12.0 Å². The van der Waals surface area contributed by atoms with Crippen molar-refractivity contribution >= 4 is 9.46 Å². The molecule has 0 radical (unpaired) electrons. The van der Waals surface area contributed by atoms with Gasteiger partial charge in [0.05, 0.1) is 7.11 Å². The highest BCUT2D eigenvalue weighted by atomic mass is 28.4. The molecule has 0 N–H and O–H groups in total. The van der Waals surface area contributed by atoms with Crippen molar-refractivity contribution in [2.75, 3.05) is 7.11 Å². The first-order valence-corrected chi connectivity index (χ1v) is 6.33. The Balaban J connectivity index is 2.49. The van der Waals surface area contributed by atoms with Crippen LogP contribution in [-0.4, -0.2) is 16.6 Å². The van der Waals surface area contributed by atoms with Crippen LogP contribution >= 0.6 is 0 Å². The van der Waals surface area contributed by atoms with Gasteiger partial charge >= 0.3 is 9.46 Å². The summed E-state index contributed by atoms with van der Waals surface area (Å²) in [6.45, 7) is 0. The summed E-state index contributed by atoms with van der Waals surface area (Å²) in [5.41, 5.74) is 1.02. The Kier molecular flexibility index (Phi) is 4.59. The van der Waals surface area contributed by atoms with Gasteiger partial charge in [-0.1, -0.05) is 18.2 Å². The summed E-state index contributed by atoms with van der Waals surface area (Å²) in [6, 6.07) is 7.65. The zero-order valence-corrected chi connectivity index (χ0v) is 9.33. The van der Waals surface area contributed by atoms with E-state index in [9.17, 15) is 8.22 Å². The van der Waals surface area contributed by atoms with Gasteiger partial charge < -0.3 is 4.74 Å². The van der Waals surface area contributed by atoms with Crippen LogP contribution in [0.4, 0.5) is 8.22 Å². The highest BCUT2D eigenvalue weighted by Crippen LogP contribution is 2.19. The number of rotatable bonds is 5. The second-order valence-corrected chi connectivity index (χ2v) is 4.45. The quantitative estimate of drug-likeness (QED) is 0.543. The molecule has 0 bridgehead atoms. The Morgan fingerprint density at radius 2 is 2.00 bits per heavy atom. The zero-order chi connectivity index (χ0) is 10.4. The minimum atomic E-state index is -3.38. The van der Waals surface area contributed by atoms with E-state index >= 15 is 0 Å². The van der Waals surface area contributed by atoms with Gasteiger partial charge in [-0.2, -0.15) is 0 Å². The summed E-state index contributed by atoms with van der Waals surface area (Å²) in [5.74, 6) is 0.795. The molecule has 0 atom stereocenters. The Morgan fingerprint density at radius 1 is 1.29 bits per heavy atom. The monoisotopic (exact) mass is 216 g/mol. The van der Waals surface area contributed by atoms with Crippen molar-refractivity contribution in [1.29, 1.82) is 0 Å². The molecule has 0 aliphatic carbocycles.